The van der Waals surface area contributed by atoms with E-state index in [1.807, 2.05) is 14.0 Å². The van der Waals surface area contributed by atoms with Crippen molar-refractivity contribution in [2.45, 2.75) is 33.5 Å². The molecule has 104 valence electrons. The summed E-state index contributed by atoms with van der Waals surface area (Å²) in [6, 6.07) is 0. The van der Waals surface area contributed by atoms with E-state index in [9.17, 15) is 9.59 Å². The third-order valence-corrected chi connectivity index (χ3v) is 3.30. The first-order valence-corrected chi connectivity index (χ1v) is 6.40. The zero-order valence-electron chi connectivity index (χ0n) is 11.7. The molecule has 0 radical (unpaired) electrons. The van der Waals surface area contributed by atoms with E-state index in [2.05, 4.69) is 10.3 Å². The number of rotatable bonds is 4. The van der Waals surface area contributed by atoms with Crippen molar-refractivity contribution >= 4 is 11.2 Å². The van der Waals surface area contributed by atoms with Crippen molar-refractivity contribution in [2.24, 2.45) is 7.05 Å². The minimum atomic E-state index is -0.295. The van der Waals surface area contributed by atoms with Crippen molar-refractivity contribution in [1.82, 2.24) is 24.0 Å². The first-order chi connectivity index (χ1) is 9.06. The Morgan fingerprint density at radius 1 is 1.16 bits per heavy atom. The second-order valence-electron chi connectivity index (χ2n) is 4.37. The van der Waals surface area contributed by atoms with Gasteiger partial charge in [0.2, 0.25) is 0 Å². The number of aromatic nitrogens is 4. The van der Waals surface area contributed by atoms with E-state index in [0.29, 0.717) is 30.8 Å². The summed E-state index contributed by atoms with van der Waals surface area (Å²) < 4.78 is 4.54. The molecule has 0 bridgehead atoms. The SMILES string of the molecule is CCn1c(=O)c2c(nc(CNC)n2C)n(CC)c1=O. The van der Waals surface area contributed by atoms with Crippen LogP contribution in [0.3, 0.4) is 0 Å². The topological polar surface area (TPSA) is 73.8 Å². The fourth-order valence-corrected chi connectivity index (χ4v) is 2.29. The van der Waals surface area contributed by atoms with Crippen LogP contribution in [0, 0.1) is 0 Å². The summed E-state index contributed by atoms with van der Waals surface area (Å²) in [4.78, 5) is 29.0. The van der Waals surface area contributed by atoms with Gasteiger partial charge in [-0.05, 0) is 20.9 Å². The van der Waals surface area contributed by atoms with Crippen LogP contribution >= 0.6 is 0 Å². The van der Waals surface area contributed by atoms with Crippen LogP contribution < -0.4 is 16.6 Å². The minimum absolute atomic E-state index is 0.274. The average molecular weight is 265 g/mol. The number of hydrogen-bond donors (Lipinski definition) is 1. The maximum absolute atomic E-state index is 12.4. The predicted molar refractivity (Wildman–Crippen MR) is 73.3 cm³/mol. The third kappa shape index (κ3) is 1.90. The quantitative estimate of drug-likeness (QED) is 0.820. The highest BCUT2D eigenvalue weighted by Gasteiger charge is 2.18. The highest BCUT2D eigenvalue weighted by Crippen LogP contribution is 2.09. The summed E-state index contributed by atoms with van der Waals surface area (Å²) >= 11 is 0. The Morgan fingerprint density at radius 2 is 1.79 bits per heavy atom. The van der Waals surface area contributed by atoms with Crippen molar-refractivity contribution in [3.8, 4) is 0 Å². The van der Waals surface area contributed by atoms with Crippen LogP contribution in [0.5, 0.6) is 0 Å². The lowest BCUT2D eigenvalue weighted by molar-refractivity contribution is 0.604. The zero-order chi connectivity index (χ0) is 14.2. The van der Waals surface area contributed by atoms with E-state index in [0.717, 1.165) is 5.82 Å². The van der Waals surface area contributed by atoms with Crippen molar-refractivity contribution in [1.29, 1.82) is 0 Å². The van der Waals surface area contributed by atoms with Crippen LogP contribution in [0.25, 0.3) is 11.2 Å². The number of nitrogens with one attached hydrogen (secondary N) is 1. The van der Waals surface area contributed by atoms with E-state index >= 15 is 0 Å². The molecule has 19 heavy (non-hydrogen) atoms. The summed E-state index contributed by atoms with van der Waals surface area (Å²) in [5, 5.41) is 3.01. The van der Waals surface area contributed by atoms with E-state index in [-0.39, 0.29) is 11.2 Å². The molecular weight excluding hydrogens is 246 g/mol. The molecule has 2 heterocycles. The molecule has 0 unspecified atom stereocenters. The predicted octanol–water partition coefficient (Wildman–Crippen LogP) is -0.344. The maximum Gasteiger partial charge on any atom is 0.332 e. The second-order valence-corrected chi connectivity index (χ2v) is 4.37. The molecule has 0 amide bonds. The van der Waals surface area contributed by atoms with Gasteiger partial charge in [-0.2, -0.15) is 0 Å². The Balaban J connectivity index is 2.96. The van der Waals surface area contributed by atoms with Crippen LogP contribution in [0.2, 0.25) is 0 Å². The lowest BCUT2D eigenvalue weighted by Gasteiger charge is -2.08. The van der Waals surface area contributed by atoms with Gasteiger partial charge in [0.1, 0.15) is 5.82 Å². The van der Waals surface area contributed by atoms with Gasteiger partial charge in [0.25, 0.3) is 5.56 Å². The molecule has 0 atom stereocenters. The molecule has 0 spiro atoms. The van der Waals surface area contributed by atoms with Crippen molar-refractivity contribution < 1.29 is 0 Å². The highest BCUT2D eigenvalue weighted by molar-refractivity contribution is 5.71. The van der Waals surface area contributed by atoms with Crippen LogP contribution in [0.4, 0.5) is 0 Å². The standard InChI is InChI=1S/C12H19N5O2/c1-5-16-10-9(11(18)17(6-2)12(16)19)15(4)8(14-10)7-13-3/h13H,5-7H2,1-4H3. The largest absolute Gasteiger partial charge is 0.332 e. The highest BCUT2D eigenvalue weighted by atomic mass is 16.2. The van der Waals surface area contributed by atoms with E-state index < -0.39 is 0 Å². The van der Waals surface area contributed by atoms with Gasteiger partial charge >= 0.3 is 5.69 Å². The van der Waals surface area contributed by atoms with Crippen LogP contribution in [-0.4, -0.2) is 25.7 Å². The molecule has 0 aliphatic rings. The molecule has 0 aliphatic carbocycles. The molecule has 0 saturated heterocycles. The molecule has 0 aliphatic heterocycles. The van der Waals surface area contributed by atoms with Crippen LogP contribution in [-0.2, 0) is 26.7 Å². The Bertz CT molecular complexity index is 722. The number of imidazole rings is 1. The smallest absolute Gasteiger partial charge is 0.324 e. The minimum Gasteiger partial charge on any atom is -0.324 e. The van der Waals surface area contributed by atoms with E-state index in [1.165, 1.54) is 4.57 Å². The molecule has 2 aromatic rings. The molecule has 1 N–H and O–H groups in total. The normalized spacial score (nSPS) is 11.4. The van der Waals surface area contributed by atoms with Gasteiger partial charge in [0, 0.05) is 20.1 Å². The van der Waals surface area contributed by atoms with Crippen molar-refractivity contribution in [3.63, 3.8) is 0 Å². The van der Waals surface area contributed by atoms with Gasteiger partial charge in [-0.25, -0.2) is 9.78 Å². The molecule has 2 aromatic heterocycles. The number of fused-ring (bicyclic) bond motifs is 1. The van der Waals surface area contributed by atoms with Gasteiger partial charge in [-0.15, -0.1) is 0 Å². The monoisotopic (exact) mass is 265 g/mol. The van der Waals surface area contributed by atoms with Crippen molar-refractivity contribution in [3.05, 3.63) is 26.7 Å². The van der Waals surface area contributed by atoms with Crippen molar-refractivity contribution in [2.75, 3.05) is 7.05 Å². The average Bonchev–Trinajstić information content (AvgIpc) is 2.69. The first-order valence-electron chi connectivity index (χ1n) is 6.40. The molecule has 0 saturated carbocycles. The number of hydrogen-bond acceptors (Lipinski definition) is 4. The fourth-order valence-electron chi connectivity index (χ4n) is 2.29. The molecule has 0 aromatic carbocycles. The summed E-state index contributed by atoms with van der Waals surface area (Å²) in [7, 11) is 3.62. The first kappa shape index (κ1) is 13.5. The van der Waals surface area contributed by atoms with Gasteiger partial charge in [0.15, 0.2) is 11.2 Å². The molecule has 2 rings (SSSR count). The Labute approximate surface area is 110 Å². The summed E-state index contributed by atoms with van der Waals surface area (Å²) in [6.45, 7) is 5.07. The lowest BCUT2D eigenvalue weighted by atomic mass is 10.4. The second kappa shape index (κ2) is 5.00. The molecular formula is C12H19N5O2. The Morgan fingerprint density at radius 3 is 2.32 bits per heavy atom. The van der Waals surface area contributed by atoms with E-state index in [4.69, 9.17) is 0 Å². The van der Waals surface area contributed by atoms with Gasteiger partial charge in [0.05, 0.1) is 6.54 Å². The van der Waals surface area contributed by atoms with E-state index in [1.54, 1.807) is 23.1 Å². The summed E-state index contributed by atoms with van der Waals surface area (Å²) in [5.41, 5.74) is 0.379. The van der Waals surface area contributed by atoms with Crippen LogP contribution in [0.1, 0.15) is 19.7 Å². The number of nitrogens with zero attached hydrogens (tertiary/aromatic N) is 4. The Kier molecular flexibility index (Phi) is 3.57. The zero-order valence-corrected chi connectivity index (χ0v) is 11.7. The maximum atomic E-state index is 12.4. The van der Waals surface area contributed by atoms with Gasteiger partial charge < -0.3 is 9.88 Å². The number of aryl methyl sites for hydroxylation is 2. The third-order valence-electron chi connectivity index (χ3n) is 3.30. The van der Waals surface area contributed by atoms with Gasteiger partial charge in [-0.1, -0.05) is 0 Å². The van der Waals surface area contributed by atoms with Crippen LogP contribution in [0.15, 0.2) is 9.59 Å². The molecule has 0 fully saturated rings. The molecule has 7 nitrogen and oxygen atoms in total. The Hall–Kier alpha value is -1.89. The summed E-state index contributed by atoms with van der Waals surface area (Å²) in [6.07, 6.45) is 0. The lowest BCUT2D eigenvalue weighted by Crippen LogP contribution is -2.39. The molecule has 7 heteroatoms. The summed E-state index contributed by atoms with van der Waals surface area (Å²) in [5.74, 6) is 0.741. The van der Waals surface area contributed by atoms with Gasteiger partial charge in [-0.3, -0.25) is 13.9 Å². The fraction of sp³-hybridized carbons (Fsp3) is 0.583.